The summed E-state index contributed by atoms with van der Waals surface area (Å²) in [6.07, 6.45) is 3.45. The second-order valence-corrected chi connectivity index (χ2v) is 5.82. The van der Waals surface area contributed by atoms with Gasteiger partial charge in [0.25, 0.3) is 0 Å². The van der Waals surface area contributed by atoms with Gasteiger partial charge in [-0.2, -0.15) is 0 Å². The number of H-pyrrole nitrogens is 1. The van der Waals surface area contributed by atoms with Gasteiger partial charge >= 0.3 is 0 Å². The van der Waals surface area contributed by atoms with Crippen molar-refractivity contribution in [1.29, 1.82) is 0 Å². The number of hydrogen-bond donors (Lipinski definition) is 3. The van der Waals surface area contributed by atoms with Gasteiger partial charge in [-0.15, -0.1) is 0 Å². The van der Waals surface area contributed by atoms with E-state index in [9.17, 15) is 10.2 Å². The van der Waals surface area contributed by atoms with Crippen LogP contribution < -0.4 is 0 Å². The number of aromatic hydroxyl groups is 2. The van der Waals surface area contributed by atoms with Crippen molar-refractivity contribution >= 4 is 0 Å². The summed E-state index contributed by atoms with van der Waals surface area (Å²) in [5.41, 5.74) is 5.82. The van der Waals surface area contributed by atoms with Crippen LogP contribution in [0.3, 0.4) is 0 Å². The third-order valence-electron chi connectivity index (χ3n) is 4.25. The van der Waals surface area contributed by atoms with Crippen LogP contribution in [0.25, 0.3) is 11.1 Å². The first-order valence-electron chi connectivity index (χ1n) is 7.27. The molecule has 1 aromatic carbocycles. The van der Waals surface area contributed by atoms with Crippen molar-refractivity contribution in [2.75, 3.05) is 0 Å². The molecule has 1 aliphatic rings. The molecule has 3 N–H and O–H groups in total. The van der Waals surface area contributed by atoms with Crippen LogP contribution in [0.15, 0.2) is 12.1 Å². The minimum Gasteiger partial charge on any atom is -0.505 e. The maximum Gasteiger partial charge on any atom is 0.200 e. The molecule has 0 spiro atoms. The SMILES string of the molecule is CCc1cc(C2CC2)cc(C)c1-c1c(O)[nH]c(C)c1O. The Morgan fingerprint density at radius 1 is 1.15 bits per heavy atom. The zero-order valence-corrected chi connectivity index (χ0v) is 12.2. The monoisotopic (exact) mass is 271 g/mol. The minimum absolute atomic E-state index is 0.0528. The van der Waals surface area contributed by atoms with Crippen LogP contribution in [0.4, 0.5) is 0 Å². The molecular weight excluding hydrogens is 250 g/mol. The lowest BCUT2D eigenvalue weighted by molar-refractivity contribution is 0.455. The first kappa shape index (κ1) is 13.1. The lowest BCUT2D eigenvalue weighted by atomic mass is 9.91. The minimum atomic E-state index is 0.0528. The molecule has 0 amide bonds. The normalized spacial score (nSPS) is 14.8. The van der Waals surface area contributed by atoms with Gasteiger partial charge < -0.3 is 15.2 Å². The second-order valence-electron chi connectivity index (χ2n) is 5.82. The van der Waals surface area contributed by atoms with E-state index in [1.807, 2.05) is 0 Å². The first-order chi connectivity index (χ1) is 9.52. The van der Waals surface area contributed by atoms with E-state index in [0.29, 0.717) is 17.2 Å². The smallest absolute Gasteiger partial charge is 0.200 e. The molecule has 1 aliphatic carbocycles. The maximum atomic E-state index is 10.2. The Hall–Kier alpha value is -1.90. The average molecular weight is 271 g/mol. The standard InChI is InChI=1S/C17H21NO2/c1-4-11-8-13(12-5-6-12)7-9(2)14(11)15-16(19)10(3)18-17(15)20/h7-8,12,18-20H,4-6H2,1-3H3. The highest BCUT2D eigenvalue weighted by molar-refractivity contribution is 5.81. The van der Waals surface area contributed by atoms with Gasteiger partial charge in [0.05, 0.1) is 11.3 Å². The summed E-state index contributed by atoms with van der Waals surface area (Å²) in [5.74, 6) is 0.916. The number of nitrogens with one attached hydrogen (secondary N) is 1. The van der Waals surface area contributed by atoms with E-state index in [0.717, 1.165) is 17.5 Å². The molecule has 106 valence electrons. The zero-order valence-electron chi connectivity index (χ0n) is 12.2. The molecule has 0 saturated heterocycles. The van der Waals surface area contributed by atoms with Crippen molar-refractivity contribution < 1.29 is 10.2 Å². The summed E-state index contributed by atoms with van der Waals surface area (Å²) >= 11 is 0. The number of rotatable bonds is 3. The van der Waals surface area contributed by atoms with E-state index < -0.39 is 0 Å². The van der Waals surface area contributed by atoms with Crippen molar-refractivity contribution in [2.45, 2.75) is 46.0 Å². The van der Waals surface area contributed by atoms with Crippen LogP contribution in [0, 0.1) is 13.8 Å². The highest BCUT2D eigenvalue weighted by Gasteiger charge is 2.26. The largest absolute Gasteiger partial charge is 0.505 e. The predicted molar refractivity (Wildman–Crippen MR) is 80.4 cm³/mol. The molecule has 0 aliphatic heterocycles. The number of aromatic nitrogens is 1. The molecule has 1 saturated carbocycles. The summed E-state index contributed by atoms with van der Waals surface area (Å²) in [7, 11) is 0. The zero-order chi connectivity index (χ0) is 14.4. The molecule has 2 aromatic rings. The van der Waals surface area contributed by atoms with Gasteiger partial charge in [-0.1, -0.05) is 19.1 Å². The Morgan fingerprint density at radius 3 is 2.35 bits per heavy atom. The van der Waals surface area contributed by atoms with E-state index >= 15 is 0 Å². The molecule has 3 heteroatoms. The molecule has 0 atom stereocenters. The Balaban J connectivity index is 2.22. The molecule has 3 nitrogen and oxygen atoms in total. The third kappa shape index (κ3) is 1.98. The quantitative estimate of drug-likeness (QED) is 0.785. The van der Waals surface area contributed by atoms with Crippen LogP contribution in [-0.4, -0.2) is 15.2 Å². The van der Waals surface area contributed by atoms with Crippen molar-refractivity contribution in [3.63, 3.8) is 0 Å². The molecule has 0 radical (unpaired) electrons. The van der Waals surface area contributed by atoms with Gasteiger partial charge in [-0.3, -0.25) is 0 Å². The molecule has 20 heavy (non-hydrogen) atoms. The number of benzene rings is 1. The molecule has 0 unspecified atom stereocenters. The van der Waals surface area contributed by atoms with Crippen molar-refractivity contribution in [3.05, 3.63) is 34.5 Å². The third-order valence-corrected chi connectivity index (χ3v) is 4.25. The Labute approximate surface area is 119 Å². The van der Waals surface area contributed by atoms with E-state index in [-0.39, 0.29) is 11.6 Å². The van der Waals surface area contributed by atoms with Gasteiger partial charge in [0.1, 0.15) is 5.75 Å². The number of aryl methyl sites for hydroxylation is 3. The Kier molecular flexibility index (Phi) is 3.00. The number of aromatic amines is 1. The second kappa shape index (κ2) is 4.58. The number of hydrogen-bond acceptors (Lipinski definition) is 2. The summed E-state index contributed by atoms with van der Waals surface area (Å²) in [5, 5.41) is 20.3. The van der Waals surface area contributed by atoms with Crippen LogP contribution in [0.2, 0.25) is 0 Å². The van der Waals surface area contributed by atoms with Crippen molar-refractivity contribution in [1.82, 2.24) is 4.98 Å². The van der Waals surface area contributed by atoms with Crippen LogP contribution >= 0.6 is 0 Å². The van der Waals surface area contributed by atoms with E-state index in [2.05, 4.69) is 31.0 Å². The highest BCUT2D eigenvalue weighted by Crippen LogP contribution is 2.46. The molecule has 1 fully saturated rings. The van der Waals surface area contributed by atoms with Crippen molar-refractivity contribution in [2.24, 2.45) is 0 Å². The van der Waals surface area contributed by atoms with E-state index in [1.54, 1.807) is 6.92 Å². The maximum absolute atomic E-state index is 10.2. The summed E-state index contributed by atoms with van der Waals surface area (Å²) in [6, 6.07) is 4.44. The molecule has 1 heterocycles. The fraction of sp³-hybridized carbons (Fsp3) is 0.412. The molecule has 3 rings (SSSR count). The fourth-order valence-corrected chi connectivity index (χ4v) is 3.02. The fourth-order valence-electron chi connectivity index (χ4n) is 3.02. The average Bonchev–Trinajstić information content (AvgIpc) is 3.20. The topological polar surface area (TPSA) is 56.2 Å². The molecular formula is C17H21NO2. The Morgan fingerprint density at radius 2 is 1.85 bits per heavy atom. The van der Waals surface area contributed by atoms with E-state index in [1.165, 1.54) is 24.0 Å². The van der Waals surface area contributed by atoms with Gasteiger partial charge in [-0.05, 0) is 61.3 Å². The van der Waals surface area contributed by atoms with Gasteiger partial charge in [0.15, 0.2) is 0 Å². The van der Waals surface area contributed by atoms with Crippen LogP contribution in [0.5, 0.6) is 11.6 Å². The Bertz CT molecular complexity index is 666. The van der Waals surface area contributed by atoms with Gasteiger partial charge in [0, 0.05) is 0 Å². The molecule has 1 aromatic heterocycles. The predicted octanol–water partition coefficient (Wildman–Crippen LogP) is 4.15. The van der Waals surface area contributed by atoms with Gasteiger partial charge in [0.2, 0.25) is 5.88 Å². The first-order valence-corrected chi connectivity index (χ1v) is 7.27. The molecule has 0 bridgehead atoms. The lowest BCUT2D eigenvalue weighted by Crippen LogP contribution is -1.95. The van der Waals surface area contributed by atoms with E-state index in [4.69, 9.17) is 0 Å². The van der Waals surface area contributed by atoms with Crippen LogP contribution in [0.1, 0.15) is 48.1 Å². The summed E-state index contributed by atoms with van der Waals surface area (Å²) in [4.78, 5) is 2.81. The van der Waals surface area contributed by atoms with Crippen LogP contribution in [-0.2, 0) is 6.42 Å². The van der Waals surface area contributed by atoms with Crippen molar-refractivity contribution in [3.8, 4) is 22.8 Å². The highest BCUT2D eigenvalue weighted by atomic mass is 16.3. The van der Waals surface area contributed by atoms with Gasteiger partial charge in [-0.25, -0.2) is 0 Å². The lowest BCUT2D eigenvalue weighted by Gasteiger charge is -2.14. The summed E-state index contributed by atoms with van der Waals surface area (Å²) < 4.78 is 0. The summed E-state index contributed by atoms with van der Waals surface area (Å²) in [6.45, 7) is 5.93.